The van der Waals surface area contributed by atoms with Crippen LogP contribution < -0.4 is 10.5 Å². The van der Waals surface area contributed by atoms with E-state index in [1.807, 2.05) is 24.5 Å². The minimum absolute atomic E-state index is 0.407. The first-order valence-corrected chi connectivity index (χ1v) is 7.62. The SMILES string of the molecule is CSc1cccc(Oc2cc(Cl)ccc2Cl)c1CN. The van der Waals surface area contributed by atoms with E-state index < -0.39 is 0 Å². The third-order valence-electron chi connectivity index (χ3n) is 2.63. The first kappa shape index (κ1) is 14.5. The molecule has 0 saturated carbocycles. The summed E-state index contributed by atoms with van der Waals surface area (Å²) in [6.07, 6.45) is 2.00. The van der Waals surface area contributed by atoms with Gasteiger partial charge in [-0.2, -0.15) is 0 Å². The van der Waals surface area contributed by atoms with Crippen molar-refractivity contribution in [1.82, 2.24) is 0 Å². The molecule has 2 aromatic rings. The van der Waals surface area contributed by atoms with Gasteiger partial charge in [-0.15, -0.1) is 11.8 Å². The Kier molecular flexibility index (Phi) is 4.99. The molecule has 100 valence electrons. The highest BCUT2D eigenvalue weighted by Crippen LogP contribution is 2.35. The van der Waals surface area contributed by atoms with Gasteiger partial charge in [0.25, 0.3) is 0 Å². The van der Waals surface area contributed by atoms with Gasteiger partial charge in [-0.1, -0.05) is 29.3 Å². The first-order chi connectivity index (χ1) is 9.15. The molecule has 0 aliphatic carbocycles. The van der Waals surface area contributed by atoms with E-state index in [0.717, 1.165) is 10.5 Å². The quantitative estimate of drug-likeness (QED) is 0.810. The van der Waals surface area contributed by atoms with Gasteiger partial charge in [-0.25, -0.2) is 0 Å². The molecular formula is C14H13Cl2NOS. The molecule has 0 bridgehead atoms. The summed E-state index contributed by atoms with van der Waals surface area (Å²) in [5.74, 6) is 1.24. The molecule has 0 fully saturated rings. The Morgan fingerprint density at radius 1 is 1.16 bits per heavy atom. The Balaban J connectivity index is 2.40. The van der Waals surface area contributed by atoms with E-state index >= 15 is 0 Å². The molecule has 19 heavy (non-hydrogen) atoms. The van der Waals surface area contributed by atoms with E-state index in [1.165, 1.54) is 0 Å². The molecule has 0 heterocycles. The van der Waals surface area contributed by atoms with Crippen LogP contribution in [0.2, 0.25) is 10.0 Å². The molecule has 0 radical (unpaired) electrons. The molecule has 5 heteroatoms. The fourth-order valence-corrected chi connectivity index (χ4v) is 2.67. The highest BCUT2D eigenvalue weighted by molar-refractivity contribution is 7.98. The predicted molar refractivity (Wildman–Crippen MR) is 82.7 cm³/mol. The van der Waals surface area contributed by atoms with Crippen LogP contribution in [0.5, 0.6) is 11.5 Å². The van der Waals surface area contributed by atoms with E-state index in [0.29, 0.717) is 28.1 Å². The van der Waals surface area contributed by atoms with Crippen molar-refractivity contribution in [3.05, 3.63) is 52.0 Å². The molecule has 2 N–H and O–H groups in total. The molecule has 2 rings (SSSR count). The monoisotopic (exact) mass is 313 g/mol. The average Bonchev–Trinajstić information content (AvgIpc) is 2.42. The summed E-state index contributed by atoms with van der Waals surface area (Å²) in [5.41, 5.74) is 6.76. The fourth-order valence-electron chi connectivity index (χ4n) is 1.71. The maximum absolute atomic E-state index is 6.10. The summed E-state index contributed by atoms with van der Waals surface area (Å²) >= 11 is 13.7. The molecule has 2 nitrogen and oxygen atoms in total. The van der Waals surface area contributed by atoms with Gasteiger partial charge in [0.2, 0.25) is 0 Å². The van der Waals surface area contributed by atoms with Crippen molar-refractivity contribution in [2.24, 2.45) is 5.73 Å². The molecule has 0 aliphatic rings. The molecule has 0 saturated heterocycles. The van der Waals surface area contributed by atoms with Crippen molar-refractivity contribution in [2.45, 2.75) is 11.4 Å². The summed E-state index contributed by atoms with van der Waals surface area (Å²) < 4.78 is 5.84. The number of hydrogen-bond donors (Lipinski definition) is 1. The van der Waals surface area contributed by atoms with Gasteiger partial charge in [0.15, 0.2) is 0 Å². The maximum atomic E-state index is 6.10. The second-order valence-electron chi connectivity index (χ2n) is 3.82. The van der Waals surface area contributed by atoms with Crippen LogP contribution in [-0.4, -0.2) is 6.26 Å². The molecule has 0 aromatic heterocycles. The Morgan fingerprint density at radius 2 is 1.95 bits per heavy atom. The lowest BCUT2D eigenvalue weighted by atomic mass is 10.2. The van der Waals surface area contributed by atoms with E-state index in [-0.39, 0.29) is 0 Å². The third-order valence-corrected chi connectivity index (χ3v) is 4.00. The lowest BCUT2D eigenvalue weighted by molar-refractivity contribution is 0.474. The van der Waals surface area contributed by atoms with Crippen LogP contribution in [0.1, 0.15) is 5.56 Å². The predicted octanol–water partition coefficient (Wildman–Crippen LogP) is 4.97. The zero-order valence-electron chi connectivity index (χ0n) is 10.3. The van der Waals surface area contributed by atoms with Gasteiger partial charge in [-0.05, 0) is 30.5 Å². The van der Waals surface area contributed by atoms with E-state index in [4.69, 9.17) is 33.7 Å². The van der Waals surface area contributed by atoms with Gasteiger partial charge < -0.3 is 10.5 Å². The van der Waals surface area contributed by atoms with Crippen LogP contribution in [0, 0.1) is 0 Å². The number of halogens is 2. The van der Waals surface area contributed by atoms with E-state index in [1.54, 1.807) is 30.0 Å². The lowest BCUT2D eigenvalue weighted by Crippen LogP contribution is -2.01. The molecule has 0 atom stereocenters. The number of nitrogens with two attached hydrogens (primary N) is 1. The smallest absolute Gasteiger partial charge is 0.147 e. The lowest BCUT2D eigenvalue weighted by Gasteiger charge is -2.14. The minimum atomic E-state index is 0.407. The van der Waals surface area contributed by atoms with Crippen LogP contribution in [0.25, 0.3) is 0 Å². The van der Waals surface area contributed by atoms with Crippen LogP contribution in [0.3, 0.4) is 0 Å². The van der Waals surface area contributed by atoms with Gasteiger partial charge in [0.05, 0.1) is 5.02 Å². The third kappa shape index (κ3) is 3.37. The molecular weight excluding hydrogens is 301 g/mol. The van der Waals surface area contributed by atoms with Crippen molar-refractivity contribution in [3.63, 3.8) is 0 Å². The zero-order chi connectivity index (χ0) is 13.8. The molecule has 0 unspecified atom stereocenters. The maximum Gasteiger partial charge on any atom is 0.147 e. The van der Waals surface area contributed by atoms with Crippen molar-refractivity contribution in [2.75, 3.05) is 6.26 Å². The standard InChI is InChI=1S/C14H13Cl2NOS/c1-19-14-4-2-3-12(10(14)8-17)18-13-7-9(15)5-6-11(13)16/h2-7H,8,17H2,1H3. The Labute approximate surface area is 126 Å². The van der Waals surface area contributed by atoms with Crippen LogP contribution in [-0.2, 0) is 6.54 Å². The summed E-state index contributed by atoms with van der Waals surface area (Å²) in [7, 11) is 0. The van der Waals surface area contributed by atoms with Gasteiger partial charge in [0, 0.05) is 28.1 Å². The summed E-state index contributed by atoms with van der Waals surface area (Å²) in [6, 6.07) is 10.9. The van der Waals surface area contributed by atoms with Crippen LogP contribution >= 0.6 is 35.0 Å². The Bertz CT molecular complexity index is 590. The Morgan fingerprint density at radius 3 is 2.63 bits per heavy atom. The highest BCUT2D eigenvalue weighted by atomic mass is 35.5. The topological polar surface area (TPSA) is 35.2 Å². The van der Waals surface area contributed by atoms with Gasteiger partial charge in [0.1, 0.15) is 11.5 Å². The van der Waals surface area contributed by atoms with Crippen molar-refractivity contribution < 1.29 is 4.74 Å². The average molecular weight is 314 g/mol. The molecule has 0 amide bonds. The van der Waals surface area contributed by atoms with E-state index in [9.17, 15) is 0 Å². The summed E-state index contributed by atoms with van der Waals surface area (Å²) in [4.78, 5) is 1.10. The molecule has 0 aliphatic heterocycles. The van der Waals surface area contributed by atoms with E-state index in [2.05, 4.69) is 0 Å². The van der Waals surface area contributed by atoms with Crippen molar-refractivity contribution in [3.8, 4) is 11.5 Å². The minimum Gasteiger partial charge on any atom is -0.455 e. The second kappa shape index (κ2) is 6.53. The number of thioether (sulfide) groups is 1. The van der Waals surface area contributed by atoms with Crippen LogP contribution in [0.15, 0.2) is 41.3 Å². The van der Waals surface area contributed by atoms with Gasteiger partial charge in [-0.3, -0.25) is 0 Å². The largest absolute Gasteiger partial charge is 0.455 e. The van der Waals surface area contributed by atoms with Crippen molar-refractivity contribution in [1.29, 1.82) is 0 Å². The fraction of sp³-hybridized carbons (Fsp3) is 0.143. The Hall–Kier alpha value is -0.870. The van der Waals surface area contributed by atoms with Crippen molar-refractivity contribution >= 4 is 35.0 Å². The van der Waals surface area contributed by atoms with Gasteiger partial charge >= 0.3 is 0 Å². The second-order valence-corrected chi connectivity index (χ2v) is 5.51. The number of rotatable bonds is 4. The molecule has 2 aromatic carbocycles. The summed E-state index contributed by atoms with van der Waals surface area (Å²) in [5, 5.41) is 1.09. The number of ether oxygens (including phenoxy) is 1. The first-order valence-electron chi connectivity index (χ1n) is 5.64. The summed E-state index contributed by atoms with van der Waals surface area (Å²) in [6.45, 7) is 0.407. The van der Waals surface area contributed by atoms with Crippen LogP contribution in [0.4, 0.5) is 0 Å². The normalized spacial score (nSPS) is 10.5. The highest BCUT2D eigenvalue weighted by Gasteiger charge is 2.10. The number of hydrogen-bond acceptors (Lipinski definition) is 3. The zero-order valence-corrected chi connectivity index (χ0v) is 12.6. The molecule has 0 spiro atoms. The number of benzene rings is 2.